The molecule has 2 unspecified atom stereocenters. The Morgan fingerprint density at radius 3 is 2.52 bits per heavy atom. The number of fused-ring (bicyclic) bond motifs is 1. The van der Waals surface area contributed by atoms with Gasteiger partial charge in [0.15, 0.2) is 5.82 Å². The van der Waals surface area contributed by atoms with Crippen LogP contribution in [-0.4, -0.2) is 69.8 Å². The van der Waals surface area contributed by atoms with Gasteiger partial charge in [-0.25, -0.2) is 23.4 Å². The third kappa shape index (κ3) is 4.58. The van der Waals surface area contributed by atoms with E-state index in [-0.39, 0.29) is 11.4 Å². The van der Waals surface area contributed by atoms with E-state index in [2.05, 4.69) is 20.2 Å². The molecule has 1 aliphatic heterocycles. The number of nitrogens with zero attached hydrogens (tertiary/aromatic N) is 6. The lowest BCUT2D eigenvalue weighted by Crippen LogP contribution is -2.53. The number of thiazole rings is 1. The van der Waals surface area contributed by atoms with E-state index in [9.17, 15) is 24.1 Å². The fourth-order valence-corrected chi connectivity index (χ4v) is 5.94. The molecule has 40 heavy (non-hydrogen) atoms. The normalized spacial score (nSPS) is 23.2. The molecule has 0 aliphatic carbocycles. The van der Waals surface area contributed by atoms with Gasteiger partial charge in [-0.3, -0.25) is 4.68 Å². The molecule has 5 aromatic rings. The second kappa shape index (κ2) is 10.3. The quantitative estimate of drug-likeness (QED) is 0.265. The van der Waals surface area contributed by atoms with Crippen molar-refractivity contribution in [1.82, 2.24) is 29.5 Å². The fraction of sp³-hybridized carbons (Fsp3) is 0.308. The minimum Gasteiger partial charge on any atom is -0.394 e. The molecule has 1 aliphatic rings. The number of aliphatic hydroxyl groups is 3. The zero-order valence-corrected chi connectivity index (χ0v) is 22.7. The van der Waals surface area contributed by atoms with E-state index in [1.165, 1.54) is 28.4 Å². The Balaban J connectivity index is 1.39. The number of hydrogen-bond donors (Lipinski definition) is 3. The largest absolute Gasteiger partial charge is 0.394 e. The van der Waals surface area contributed by atoms with Gasteiger partial charge >= 0.3 is 0 Å². The summed E-state index contributed by atoms with van der Waals surface area (Å²) in [6.45, 7) is 3.06. The Hall–Kier alpha value is -3.33. The monoisotopic (exact) mass is 588 g/mol. The summed E-state index contributed by atoms with van der Waals surface area (Å²) in [5, 5.41) is 41.6. The Morgan fingerprint density at radius 2 is 1.80 bits per heavy atom. The molecule has 208 valence electrons. The van der Waals surface area contributed by atoms with Crippen LogP contribution in [-0.2, 0) is 4.74 Å². The average Bonchev–Trinajstić information content (AvgIpc) is 3.64. The first-order chi connectivity index (χ1) is 19.1. The Morgan fingerprint density at radius 1 is 1.05 bits per heavy atom. The second-order valence-corrected chi connectivity index (χ2v) is 11.1. The Kier molecular flexibility index (Phi) is 6.89. The summed E-state index contributed by atoms with van der Waals surface area (Å²) >= 11 is 7.14. The minimum atomic E-state index is -1.40. The van der Waals surface area contributed by atoms with E-state index in [4.69, 9.17) is 16.3 Å². The average molecular weight is 589 g/mol. The van der Waals surface area contributed by atoms with E-state index in [0.717, 1.165) is 27.4 Å². The van der Waals surface area contributed by atoms with E-state index < -0.39 is 53.7 Å². The first kappa shape index (κ1) is 26.9. The van der Waals surface area contributed by atoms with Crippen LogP contribution in [0.4, 0.5) is 8.78 Å². The van der Waals surface area contributed by atoms with Gasteiger partial charge in [0.2, 0.25) is 0 Å². The van der Waals surface area contributed by atoms with Gasteiger partial charge in [0.25, 0.3) is 0 Å². The molecule has 1 fully saturated rings. The zero-order valence-electron chi connectivity index (χ0n) is 21.1. The molecule has 14 heteroatoms. The highest BCUT2D eigenvalue weighted by atomic mass is 35.5. The molecule has 0 amide bonds. The predicted molar refractivity (Wildman–Crippen MR) is 142 cm³/mol. The number of benzene rings is 2. The molecule has 0 spiro atoms. The first-order valence-electron chi connectivity index (χ1n) is 12.3. The van der Waals surface area contributed by atoms with Crippen LogP contribution in [0.25, 0.3) is 27.0 Å². The van der Waals surface area contributed by atoms with Gasteiger partial charge in [0.1, 0.15) is 52.9 Å². The van der Waals surface area contributed by atoms with Crippen LogP contribution in [0.15, 0.2) is 42.7 Å². The Labute approximate surface area is 235 Å². The second-order valence-electron chi connectivity index (χ2n) is 9.53. The third-order valence-corrected chi connectivity index (χ3v) is 8.13. The molecule has 1 saturated heterocycles. The van der Waals surface area contributed by atoms with Crippen molar-refractivity contribution in [1.29, 1.82) is 0 Å². The lowest BCUT2D eigenvalue weighted by atomic mass is 9.92. The number of aliphatic hydroxyl groups excluding tert-OH is 3. The molecule has 5 atom stereocenters. The molecular weight excluding hydrogens is 566 g/mol. The van der Waals surface area contributed by atoms with Crippen molar-refractivity contribution in [3.63, 3.8) is 0 Å². The lowest BCUT2D eigenvalue weighted by molar-refractivity contribution is -0.210. The van der Waals surface area contributed by atoms with Gasteiger partial charge in [-0.05, 0) is 49.7 Å². The minimum absolute atomic E-state index is 0.168. The van der Waals surface area contributed by atoms with Gasteiger partial charge in [-0.15, -0.1) is 11.3 Å². The first-order valence-corrected chi connectivity index (χ1v) is 13.5. The maximum atomic E-state index is 14.1. The highest BCUT2D eigenvalue weighted by Crippen LogP contribution is 2.39. The van der Waals surface area contributed by atoms with Gasteiger partial charge in [-0.2, -0.15) is 10.2 Å². The summed E-state index contributed by atoms with van der Waals surface area (Å²) < 4.78 is 37.9. The van der Waals surface area contributed by atoms with E-state index in [0.29, 0.717) is 17.1 Å². The van der Waals surface area contributed by atoms with Gasteiger partial charge in [-0.1, -0.05) is 11.6 Å². The highest BCUT2D eigenvalue weighted by molar-refractivity contribution is 7.18. The SMILES string of the molecule is Cc1nc([C@@H]2OC(CO)[C@H](O)C(n3cc(-c4cc(F)c(Cl)c(F)c4)cn3)[C@@H]2O)n(-c2ccc3nc(C)sc3c2)n1. The van der Waals surface area contributed by atoms with Crippen molar-refractivity contribution in [2.45, 2.75) is 44.3 Å². The van der Waals surface area contributed by atoms with Crippen LogP contribution in [0, 0.1) is 25.5 Å². The van der Waals surface area contributed by atoms with Gasteiger partial charge < -0.3 is 20.1 Å². The predicted octanol–water partition coefficient (Wildman–Crippen LogP) is 3.68. The van der Waals surface area contributed by atoms with Crippen molar-refractivity contribution < 1.29 is 28.8 Å². The summed E-state index contributed by atoms with van der Waals surface area (Å²) in [6, 6.07) is 6.62. The molecule has 6 rings (SSSR count). The van der Waals surface area contributed by atoms with Gasteiger partial charge in [0.05, 0.1) is 33.7 Å². The number of halogens is 3. The van der Waals surface area contributed by atoms with Crippen LogP contribution >= 0.6 is 22.9 Å². The Bertz CT molecular complexity index is 1700. The van der Waals surface area contributed by atoms with Crippen LogP contribution in [0.1, 0.15) is 28.8 Å². The van der Waals surface area contributed by atoms with Crippen LogP contribution in [0.2, 0.25) is 5.02 Å². The smallest absolute Gasteiger partial charge is 0.164 e. The summed E-state index contributed by atoms with van der Waals surface area (Å²) in [5.41, 5.74) is 2.00. The fourth-order valence-electron chi connectivity index (χ4n) is 4.97. The standard InChI is InChI=1S/C26H23ClF2N6O4S/c1-11-31-26(35(33-11)15-3-4-18-20(7-15)40-12(2)32-18)25-24(38)22(23(37)19(10-36)39-25)34-9-14(8-30-34)13-5-16(28)21(27)17(29)6-13/h3-9,19,22-25,36-38H,10H2,1-2H3/t19?,22?,23-,24-,25+/m0/s1. The lowest BCUT2D eigenvalue weighted by Gasteiger charge is -2.41. The maximum absolute atomic E-state index is 14.1. The summed E-state index contributed by atoms with van der Waals surface area (Å²) in [4.78, 5) is 9.00. The summed E-state index contributed by atoms with van der Waals surface area (Å²) in [6.07, 6.45) is -2.22. The van der Waals surface area contributed by atoms with E-state index in [1.807, 2.05) is 25.1 Å². The number of ether oxygens (including phenoxy) is 1. The molecule has 0 bridgehead atoms. The van der Waals surface area contributed by atoms with Crippen molar-refractivity contribution in [3.8, 4) is 16.8 Å². The maximum Gasteiger partial charge on any atom is 0.164 e. The third-order valence-electron chi connectivity index (χ3n) is 6.83. The summed E-state index contributed by atoms with van der Waals surface area (Å²) in [5.74, 6) is -1.19. The zero-order chi connectivity index (χ0) is 28.3. The molecule has 0 saturated carbocycles. The molecule has 3 N–H and O–H groups in total. The highest BCUT2D eigenvalue weighted by Gasteiger charge is 2.48. The van der Waals surface area contributed by atoms with E-state index in [1.54, 1.807) is 11.6 Å². The molecule has 4 heterocycles. The topological polar surface area (TPSA) is 131 Å². The van der Waals surface area contributed by atoms with Crippen molar-refractivity contribution in [3.05, 3.63) is 76.0 Å². The van der Waals surface area contributed by atoms with Gasteiger partial charge in [0, 0.05) is 11.8 Å². The number of hydrogen-bond acceptors (Lipinski definition) is 9. The van der Waals surface area contributed by atoms with Crippen molar-refractivity contribution in [2.75, 3.05) is 6.61 Å². The molecule has 2 aromatic carbocycles. The molecular formula is C26H23ClF2N6O4S. The van der Waals surface area contributed by atoms with Crippen molar-refractivity contribution in [2.24, 2.45) is 0 Å². The number of aryl methyl sites for hydroxylation is 2. The number of rotatable bonds is 5. The molecule has 3 aromatic heterocycles. The number of aromatic nitrogens is 6. The van der Waals surface area contributed by atoms with E-state index >= 15 is 0 Å². The summed E-state index contributed by atoms with van der Waals surface area (Å²) in [7, 11) is 0. The molecule has 10 nitrogen and oxygen atoms in total. The van der Waals surface area contributed by atoms with Crippen LogP contribution < -0.4 is 0 Å². The van der Waals surface area contributed by atoms with Crippen LogP contribution in [0.3, 0.4) is 0 Å². The molecule has 0 radical (unpaired) electrons. The van der Waals surface area contributed by atoms with Crippen molar-refractivity contribution >= 4 is 33.2 Å². The van der Waals surface area contributed by atoms with Crippen LogP contribution in [0.5, 0.6) is 0 Å².